The predicted molar refractivity (Wildman–Crippen MR) is 88.2 cm³/mol. The van der Waals surface area contributed by atoms with Crippen molar-refractivity contribution in [3.8, 4) is 5.88 Å². The van der Waals surface area contributed by atoms with E-state index in [2.05, 4.69) is 19.8 Å². The van der Waals surface area contributed by atoms with E-state index in [1.807, 2.05) is 13.0 Å². The normalized spacial score (nSPS) is 15.8. The zero-order valence-corrected chi connectivity index (χ0v) is 14.7. The number of amides is 1. The van der Waals surface area contributed by atoms with Gasteiger partial charge in [-0.1, -0.05) is 5.16 Å². The highest BCUT2D eigenvalue weighted by Gasteiger charge is 2.29. The minimum Gasteiger partial charge on any atom is -0.468 e. The first-order valence-electron chi connectivity index (χ1n) is 8.39. The highest BCUT2D eigenvalue weighted by Crippen LogP contribution is 2.18. The first-order valence-corrected chi connectivity index (χ1v) is 8.39. The minimum absolute atomic E-state index is 0.170. The van der Waals surface area contributed by atoms with Crippen molar-refractivity contribution in [3.05, 3.63) is 41.4 Å². The average Bonchev–Trinajstić information content (AvgIpc) is 3.05. The van der Waals surface area contributed by atoms with Crippen molar-refractivity contribution in [3.63, 3.8) is 0 Å². The Hall–Kier alpha value is -2.62. The molecule has 2 aromatic rings. The standard InChI is InChI=1S/C17H19F3N4O3/c1-12-8-14(27-22-12)10-23-4-6-24(7-5-23)16(25)13-2-3-15(21-9-13)26-11-17(18,19)20/h2-3,8-9H,4-7,10-11H2,1H3. The number of halogens is 3. The SMILES string of the molecule is Cc1cc(CN2CCN(C(=O)c3ccc(OCC(F)(F)F)nc3)CC2)on1. The van der Waals surface area contributed by atoms with Crippen molar-refractivity contribution in [2.75, 3.05) is 32.8 Å². The molecule has 1 aliphatic heterocycles. The molecule has 1 saturated heterocycles. The molecule has 10 heteroatoms. The van der Waals surface area contributed by atoms with Crippen molar-refractivity contribution in [2.45, 2.75) is 19.6 Å². The second-order valence-corrected chi connectivity index (χ2v) is 6.29. The summed E-state index contributed by atoms with van der Waals surface area (Å²) in [6, 6.07) is 4.57. The smallest absolute Gasteiger partial charge is 0.422 e. The van der Waals surface area contributed by atoms with Crippen LogP contribution in [0.4, 0.5) is 13.2 Å². The van der Waals surface area contributed by atoms with Gasteiger partial charge in [0.25, 0.3) is 5.91 Å². The van der Waals surface area contributed by atoms with Crippen LogP contribution >= 0.6 is 0 Å². The van der Waals surface area contributed by atoms with Crippen LogP contribution in [0.3, 0.4) is 0 Å². The molecule has 3 rings (SSSR count). The number of rotatable bonds is 5. The highest BCUT2D eigenvalue weighted by molar-refractivity contribution is 5.94. The molecule has 0 spiro atoms. The summed E-state index contributed by atoms with van der Waals surface area (Å²) in [5, 5.41) is 3.85. The monoisotopic (exact) mass is 384 g/mol. The molecule has 146 valence electrons. The van der Waals surface area contributed by atoms with Gasteiger partial charge in [0, 0.05) is 44.5 Å². The number of ether oxygens (including phenoxy) is 1. The molecule has 27 heavy (non-hydrogen) atoms. The fraction of sp³-hybridized carbons (Fsp3) is 0.471. The van der Waals surface area contributed by atoms with E-state index in [1.54, 1.807) is 4.90 Å². The maximum atomic E-state index is 12.5. The number of aryl methyl sites for hydroxylation is 1. The van der Waals surface area contributed by atoms with E-state index in [-0.39, 0.29) is 11.8 Å². The minimum atomic E-state index is -4.43. The van der Waals surface area contributed by atoms with Crippen LogP contribution in [0.15, 0.2) is 28.9 Å². The van der Waals surface area contributed by atoms with E-state index in [1.165, 1.54) is 18.3 Å². The van der Waals surface area contributed by atoms with Gasteiger partial charge in [-0.25, -0.2) is 4.98 Å². The number of hydrogen-bond acceptors (Lipinski definition) is 6. The van der Waals surface area contributed by atoms with Gasteiger partial charge in [0.2, 0.25) is 5.88 Å². The van der Waals surface area contributed by atoms with Crippen LogP contribution in [0.25, 0.3) is 0 Å². The third-order valence-electron chi connectivity index (χ3n) is 4.08. The average molecular weight is 384 g/mol. The third-order valence-corrected chi connectivity index (χ3v) is 4.08. The lowest BCUT2D eigenvalue weighted by Crippen LogP contribution is -2.48. The summed E-state index contributed by atoms with van der Waals surface area (Å²) >= 11 is 0. The zero-order valence-electron chi connectivity index (χ0n) is 14.7. The van der Waals surface area contributed by atoms with Crippen molar-refractivity contribution >= 4 is 5.91 Å². The zero-order chi connectivity index (χ0) is 19.4. The van der Waals surface area contributed by atoms with Crippen LogP contribution < -0.4 is 4.74 Å². The molecule has 0 saturated carbocycles. The molecule has 3 heterocycles. The van der Waals surface area contributed by atoms with Gasteiger partial charge in [-0.2, -0.15) is 13.2 Å². The lowest BCUT2D eigenvalue weighted by atomic mass is 10.2. The number of pyridine rings is 1. The van der Waals surface area contributed by atoms with Crippen LogP contribution in [0.1, 0.15) is 21.8 Å². The number of aromatic nitrogens is 2. The van der Waals surface area contributed by atoms with Gasteiger partial charge in [-0.05, 0) is 13.0 Å². The summed E-state index contributed by atoms with van der Waals surface area (Å²) in [5.41, 5.74) is 1.14. The summed E-state index contributed by atoms with van der Waals surface area (Å²) in [6.07, 6.45) is -3.20. The van der Waals surface area contributed by atoms with E-state index in [0.29, 0.717) is 38.3 Å². The maximum absolute atomic E-state index is 12.5. The molecule has 1 aliphatic rings. The number of nitrogens with zero attached hydrogens (tertiary/aromatic N) is 4. The van der Waals surface area contributed by atoms with Crippen molar-refractivity contribution in [1.29, 1.82) is 0 Å². The fourth-order valence-corrected chi connectivity index (χ4v) is 2.75. The number of carbonyl (C=O) groups excluding carboxylic acids is 1. The third kappa shape index (κ3) is 5.43. The molecular formula is C17H19F3N4O3. The van der Waals surface area contributed by atoms with E-state index >= 15 is 0 Å². The molecule has 1 amide bonds. The van der Waals surface area contributed by atoms with E-state index in [4.69, 9.17) is 4.52 Å². The Morgan fingerprint density at radius 3 is 2.56 bits per heavy atom. The summed E-state index contributed by atoms with van der Waals surface area (Å²) in [4.78, 5) is 20.1. The second-order valence-electron chi connectivity index (χ2n) is 6.29. The van der Waals surface area contributed by atoms with Crippen molar-refractivity contribution in [1.82, 2.24) is 19.9 Å². The molecule has 2 aromatic heterocycles. The Balaban J connectivity index is 1.50. The van der Waals surface area contributed by atoms with Crippen LogP contribution in [0.5, 0.6) is 5.88 Å². The topological polar surface area (TPSA) is 71.7 Å². The first kappa shape index (κ1) is 19.2. The van der Waals surface area contributed by atoms with Crippen LogP contribution in [-0.4, -0.2) is 64.8 Å². The van der Waals surface area contributed by atoms with Gasteiger partial charge in [0.15, 0.2) is 12.4 Å². The quantitative estimate of drug-likeness (QED) is 0.788. The Morgan fingerprint density at radius 1 is 1.26 bits per heavy atom. The van der Waals surface area contributed by atoms with E-state index in [0.717, 1.165) is 11.5 Å². The lowest BCUT2D eigenvalue weighted by Gasteiger charge is -2.34. The molecule has 7 nitrogen and oxygen atoms in total. The molecule has 1 fully saturated rings. The molecule has 0 radical (unpaired) electrons. The van der Waals surface area contributed by atoms with Gasteiger partial charge in [0.05, 0.1) is 17.8 Å². The second kappa shape index (κ2) is 7.95. The predicted octanol–water partition coefficient (Wildman–Crippen LogP) is 2.28. The van der Waals surface area contributed by atoms with Crippen molar-refractivity contribution < 1.29 is 27.2 Å². The summed E-state index contributed by atoms with van der Waals surface area (Å²) < 4.78 is 46.1. The Kier molecular flexibility index (Phi) is 5.64. The molecular weight excluding hydrogens is 365 g/mol. The molecule has 0 aromatic carbocycles. The van der Waals surface area contributed by atoms with Gasteiger partial charge >= 0.3 is 6.18 Å². The summed E-state index contributed by atoms with van der Waals surface area (Å²) in [7, 11) is 0. The number of hydrogen-bond donors (Lipinski definition) is 0. The number of piperazine rings is 1. The van der Waals surface area contributed by atoms with Crippen molar-refractivity contribution in [2.24, 2.45) is 0 Å². The van der Waals surface area contributed by atoms with Crippen LogP contribution in [-0.2, 0) is 6.54 Å². The Morgan fingerprint density at radius 2 is 2.00 bits per heavy atom. The van der Waals surface area contributed by atoms with E-state index < -0.39 is 12.8 Å². The molecule has 0 unspecified atom stereocenters. The number of carbonyl (C=O) groups is 1. The largest absolute Gasteiger partial charge is 0.468 e. The Labute approximate surface area is 153 Å². The first-order chi connectivity index (χ1) is 12.8. The van der Waals surface area contributed by atoms with Crippen LogP contribution in [0, 0.1) is 6.92 Å². The maximum Gasteiger partial charge on any atom is 0.422 e. The lowest BCUT2D eigenvalue weighted by molar-refractivity contribution is -0.154. The molecule has 0 N–H and O–H groups in total. The summed E-state index contributed by atoms with van der Waals surface area (Å²) in [6.45, 7) is 3.53. The van der Waals surface area contributed by atoms with E-state index in [9.17, 15) is 18.0 Å². The van der Waals surface area contributed by atoms with Gasteiger partial charge in [-0.15, -0.1) is 0 Å². The van der Waals surface area contributed by atoms with Gasteiger partial charge in [-0.3, -0.25) is 9.69 Å². The molecule has 0 atom stereocenters. The van der Waals surface area contributed by atoms with Gasteiger partial charge < -0.3 is 14.2 Å². The van der Waals surface area contributed by atoms with Gasteiger partial charge in [0.1, 0.15) is 0 Å². The Bertz CT molecular complexity index is 768. The number of alkyl halides is 3. The fourth-order valence-electron chi connectivity index (χ4n) is 2.75. The molecule has 0 aliphatic carbocycles. The highest BCUT2D eigenvalue weighted by atomic mass is 19.4. The molecule has 0 bridgehead atoms. The summed E-state index contributed by atoms with van der Waals surface area (Å²) in [5.74, 6) is 0.405. The van der Waals surface area contributed by atoms with Crippen LogP contribution in [0.2, 0.25) is 0 Å².